The van der Waals surface area contributed by atoms with Gasteiger partial charge in [-0.15, -0.1) is 0 Å². The fraction of sp³-hybridized carbons (Fsp3) is 0.381. The van der Waals surface area contributed by atoms with Crippen LogP contribution in [-0.4, -0.2) is 41.9 Å². The van der Waals surface area contributed by atoms with Crippen molar-refractivity contribution in [1.29, 1.82) is 0 Å². The predicted octanol–water partition coefficient (Wildman–Crippen LogP) is 4.07. The summed E-state index contributed by atoms with van der Waals surface area (Å²) in [6.45, 7) is 3.44. The molecule has 0 aromatic heterocycles. The van der Waals surface area contributed by atoms with Gasteiger partial charge in [0.1, 0.15) is 11.6 Å². The zero-order valence-corrected chi connectivity index (χ0v) is 15.6. The zero-order valence-electron chi connectivity index (χ0n) is 14.9. The summed E-state index contributed by atoms with van der Waals surface area (Å²) < 4.78 is 27.1. The van der Waals surface area contributed by atoms with Gasteiger partial charge in [-0.2, -0.15) is 0 Å². The van der Waals surface area contributed by atoms with E-state index in [0.29, 0.717) is 30.2 Å². The van der Waals surface area contributed by atoms with E-state index in [1.54, 1.807) is 18.2 Å². The highest BCUT2D eigenvalue weighted by Crippen LogP contribution is 2.49. The minimum absolute atomic E-state index is 0.00903. The number of benzene rings is 2. The first-order valence-corrected chi connectivity index (χ1v) is 9.60. The fourth-order valence-electron chi connectivity index (χ4n) is 3.84. The van der Waals surface area contributed by atoms with Gasteiger partial charge >= 0.3 is 0 Å². The molecule has 0 N–H and O–H groups in total. The van der Waals surface area contributed by atoms with Gasteiger partial charge in [-0.05, 0) is 41.7 Å². The molecule has 2 aromatic rings. The molecule has 1 heterocycles. The van der Waals surface area contributed by atoms with Crippen LogP contribution in [0.5, 0.6) is 0 Å². The second-order valence-electron chi connectivity index (χ2n) is 7.31. The van der Waals surface area contributed by atoms with Gasteiger partial charge in [0.15, 0.2) is 0 Å². The van der Waals surface area contributed by atoms with Crippen LogP contribution in [0.3, 0.4) is 0 Å². The molecule has 3 nitrogen and oxygen atoms in total. The first-order valence-electron chi connectivity index (χ1n) is 9.22. The van der Waals surface area contributed by atoms with Crippen molar-refractivity contribution in [2.75, 3.05) is 26.2 Å². The number of hydrogen-bond donors (Lipinski definition) is 0. The summed E-state index contributed by atoms with van der Waals surface area (Å²) in [5, 5.41) is 0.430. The molecule has 1 saturated carbocycles. The summed E-state index contributed by atoms with van der Waals surface area (Å²) in [6.07, 6.45) is 0.727. The lowest BCUT2D eigenvalue weighted by molar-refractivity contribution is -0.134. The highest BCUT2D eigenvalue weighted by molar-refractivity contribution is 6.31. The van der Waals surface area contributed by atoms with E-state index in [1.165, 1.54) is 18.2 Å². The molecule has 2 aliphatic rings. The summed E-state index contributed by atoms with van der Waals surface area (Å²) in [7, 11) is 0. The van der Waals surface area contributed by atoms with Crippen LogP contribution in [0.1, 0.15) is 23.5 Å². The molecule has 2 aromatic carbocycles. The average molecular weight is 391 g/mol. The number of nitrogens with zero attached hydrogens (tertiary/aromatic N) is 2. The molecule has 0 spiro atoms. The van der Waals surface area contributed by atoms with Crippen LogP contribution in [0, 0.1) is 17.6 Å². The van der Waals surface area contributed by atoms with Crippen molar-refractivity contribution in [3.05, 3.63) is 70.2 Å². The van der Waals surface area contributed by atoms with Gasteiger partial charge < -0.3 is 4.90 Å². The molecule has 1 amide bonds. The molecule has 1 aliphatic heterocycles. The molecular formula is C21H21ClF2N2O. The van der Waals surface area contributed by atoms with Gasteiger partial charge in [0.2, 0.25) is 5.91 Å². The van der Waals surface area contributed by atoms with Gasteiger partial charge in [-0.25, -0.2) is 8.78 Å². The van der Waals surface area contributed by atoms with Crippen molar-refractivity contribution < 1.29 is 13.6 Å². The van der Waals surface area contributed by atoms with Crippen LogP contribution in [0.25, 0.3) is 0 Å². The summed E-state index contributed by atoms with van der Waals surface area (Å²) in [5.74, 6) is -0.524. The number of amides is 1. The van der Waals surface area contributed by atoms with E-state index in [9.17, 15) is 13.6 Å². The van der Waals surface area contributed by atoms with Crippen molar-refractivity contribution in [2.45, 2.75) is 18.9 Å². The Morgan fingerprint density at radius 2 is 1.81 bits per heavy atom. The molecular weight excluding hydrogens is 370 g/mol. The Morgan fingerprint density at radius 1 is 1.07 bits per heavy atom. The second-order valence-corrected chi connectivity index (χ2v) is 7.71. The van der Waals surface area contributed by atoms with Crippen LogP contribution in [0.2, 0.25) is 5.02 Å². The van der Waals surface area contributed by atoms with Gasteiger partial charge in [-0.1, -0.05) is 35.9 Å². The van der Waals surface area contributed by atoms with Crippen molar-refractivity contribution in [1.82, 2.24) is 9.80 Å². The molecule has 27 heavy (non-hydrogen) atoms. The lowest BCUT2D eigenvalue weighted by Crippen LogP contribution is -2.48. The molecule has 0 bridgehead atoms. The molecule has 1 aliphatic carbocycles. The normalized spacial score (nSPS) is 22.7. The van der Waals surface area contributed by atoms with E-state index < -0.39 is 0 Å². The Hall–Kier alpha value is -1.98. The number of carbonyl (C=O) groups excluding carboxylic acids is 1. The smallest absolute Gasteiger partial charge is 0.226 e. The third-order valence-electron chi connectivity index (χ3n) is 5.51. The molecule has 142 valence electrons. The lowest BCUT2D eigenvalue weighted by Gasteiger charge is -2.35. The highest BCUT2D eigenvalue weighted by atomic mass is 35.5. The molecule has 2 atom stereocenters. The van der Waals surface area contributed by atoms with Crippen LogP contribution in [-0.2, 0) is 11.3 Å². The standard InChI is InChI=1S/C21H21ClF2N2O/c22-19-11-15(23)6-5-14(19)13-25-7-9-26(10-8-25)21(27)18-12-17(18)16-3-1-2-4-20(16)24/h1-6,11,17-18H,7-10,12-13H2. The quantitative estimate of drug-likeness (QED) is 0.785. The zero-order chi connectivity index (χ0) is 19.0. The van der Waals surface area contributed by atoms with Crippen molar-refractivity contribution in [2.24, 2.45) is 5.92 Å². The average Bonchev–Trinajstić information content (AvgIpc) is 3.45. The second kappa shape index (κ2) is 7.56. The van der Waals surface area contributed by atoms with E-state index >= 15 is 0 Å². The number of piperazine rings is 1. The van der Waals surface area contributed by atoms with Crippen molar-refractivity contribution >= 4 is 17.5 Å². The van der Waals surface area contributed by atoms with Gasteiger partial charge in [0, 0.05) is 43.7 Å². The first-order chi connectivity index (χ1) is 13.0. The highest BCUT2D eigenvalue weighted by Gasteiger charge is 2.47. The Balaban J connectivity index is 1.31. The lowest BCUT2D eigenvalue weighted by atomic mass is 10.1. The maximum atomic E-state index is 13.9. The SMILES string of the molecule is O=C(C1CC1c1ccccc1F)N1CCN(Cc2ccc(F)cc2Cl)CC1. The largest absolute Gasteiger partial charge is 0.340 e. The molecule has 2 fully saturated rings. The number of hydrogen-bond acceptors (Lipinski definition) is 2. The van der Waals surface area contributed by atoms with Crippen molar-refractivity contribution in [3.8, 4) is 0 Å². The third kappa shape index (κ3) is 3.99. The minimum atomic E-state index is -0.340. The minimum Gasteiger partial charge on any atom is -0.340 e. The number of halogens is 3. The van der Waals surface area contributed by atoms with E-state index in [4.69, 9.17) is 11.6 Å². The molecule has 0 radical (unpaired) electrons. The molecule has 6 heteroatoms. The summed E-state index contributed by atoms with van der Waals surface area (Å²) >= 11 is 6.10. The van der Waals surface area contributed by atoms with Crippen LogP contribution >= 0.6 is 11.6 Å². The molecule has 2 unspecified atom stereocenters. The summed E-state index contributed by atoms with van der Waals surface area (Å²) in [4.78, 5) is 16.8. The maximum absolute atomic E-state index is 13.9. The van der Waals surface area contributed by atoms with Crippen LogP contribution < -0.4 is 0 Å². The Kier molecular flexibility index (Phi) is 5.15. The van der Waals surface area contributed by atoms with E-state index in [-0.39, 0.29) is 29.4 Å². The molecule has 4 rings (SSSR count). The number of carbonyl (C=O) groups is 1. The van der Waals surface area contributed by atoms with Gasteiger partial charge in [0.25, 0.3) is 0 Å². The van der Waals surface area contributed by atoms with E-state index in [0.717, 1.165) is 25.1 Å². The Morgan fingerprint density at radius 3 is 2.52 bits per heavy atom. The Bertz CT molecular complexity index is 852. The topological polar surface area (TPSA) is 23.6 Å². The summed E-state index contributed by atoms with van der Waals surface area (Å²) in [5.41, 5.74) is 1.54. The van der Waals surface area contributed by atoms with Gasteiger partial charge in [0.05, 0.1) is 0 Å². The van der Waals surface area contributed by atoms with Crippen LogP contribution in [0.15, 0.2) is 42.5 Å². The predicted molar refractivity (Wildman–Crippen MR) is 101 cm³/mol. The van der Waals surface area contributed by atoms with Crippen LogP contribution in [0.4, 0.5) is 8.78 Å². The number of rotatable bonds is 4. The maximum Gasteiger partial charge on any atom is 0.226 e. The fourth-order valence-corrected chi connectivity index (χ4v) is 4.07. The Labute approximate surface area is 162 Å². The third-order valence-corrected chi connectivity index (χ3v) is 5.86. The molecule has 1 saturated heterocycles. The van der Waals surface area contributed by atoms with Crippen molar-refractivity contribution in [3.63, 3.8) is 0 Å². The van der Waals surface area contributed by atoms with E-state index in [2.05, 4.69) is 4.90 Å². The first kappa shape index (κ1) is 18.4. The monoisotopic (exact) mass is 390 g/mol. The summed E-state index contributed by atoms with van der Waals surface area (Å²) in [6, 6.07) is 11.2. The van der Waals surface area contributed by atoms with E-state index in [1.807, 2.05) is 11.0 Å². The van der Waals surface area contributed by atoms with Gasteiger partial charge in [-0.3, -0.25) is 9.69 Å².